The number of hydrogen-bond acceptors (Lipinski definition) is 5. The molecule has 3 aromatic carbocycles. The predicted octanol–water partition coefficient (Wildman–Crippen LogP) is 5.32. The Hall–Kier alpha value is -3.58. The minimum atomic E-state index is -0.626. The zero-order chi connectivity index (χ0) is 27.1. The van der Waals surface area contributed by atoms with E-state index in [2.05, 4.69) is 29.6 Å². The zero-order valence-electron chi connectivity index (χ0n) is 22.5. The number of aliphatic hydroxyl groups is 1. The lowest BCUT2D eigenvalue weighted by Gasteiger charge is -2.28. The number of carbonyl (C=O) groups excluding carboxylic acids is 2. The molecule has 1 saturated heterocycles. The van der Waals surface area contributed by atoms with Crippen LogP contribution in [0.3, 0.4) is 0 Å². The van der Waals surface area contributed by atoms with Gasteiger partial charge in [-0.15, -0.1) is 0 Å². The Balaban J connectivity index is 1.29. The lowest BCUT2D eigenvalue weighted by molar-refractivity contribution is 0.0173. The number of nitrogens with one attached hydrogen (secondary N) is 1. The maximum absolute atomic E-state index is 13.5. The van der Waals surface area contributed by atoms with Crippen LogP contribution in [-0.4, -0.2) is 52.9 Å². The summed E-state index contributed by atoms with van der Waals surface area (Å²) in [4.78, 5) is 27.7. The van der Waals surface area contributed by atoms with E-state index in [4.69, 9.17) is 9.47 Å². The van der Waals surface area contributed by atoms with Gasteiger partial charge >= 0.3 is 6.09 Å². The van der Waals surface area contributed by atoms with Crippen molar-refractivity contribution in [3.05, 3.63) is 77.4 Å². The fourth-order valence-electron chi connectivity index (χ4n) is 5.24. The summed E-state index contributed by atoms with van der Waals surface area (Å²) in [5.41, 5.74) is 1.57. The maximum Gasteiger partial charge on any atom is 0.410 e. The van der Waals surface area contributed by atoms with Crippen molar-refractivity contribution in [2.24, 2.45) is 0 Å². The van der Waals surface area contributed by atoms with E-state index in [0.717, 1.165) is 34.7 Å². The van der Waals surface area contributed by atoms with Crippen molar-refractivity contribution in [2.45, 2.75) is 70.2 Å². The molecule has 7 nitrogen and oxygen atoms in total. The van der Waals surface area contributed by atoms with E-state index >= 15 is 0 Å². The number of benzene rings is 3. The number of hydrogen-bond donors (Lipinski definition) is 2. The average molecular weight is 517 g/mol. The fraction of sp³-hybridized carbons (Fsp3) is 0.419. The van der Waals surface area contributed by atoms with E-state index in [1.807, 2.05) is 58.0 Å². The Morgan fingerprint density at radius 2 is 1.82 bits per heavy atom. The van der Waals surface area contributed by atoms with Gasteiger partial charge in [0.15, 0.2) is 0 Å². The van der Waals surface area contributed by atoms with Crippen molar-refractivity contribution in [1.29, 1.82) is 0 Å². The summed E-state index contributed by atoms with van der Waals surface area (Å²) >= 11 is 0. The van der Waals surface area contributed by atoms with Crippen LogP contribution in [0.5, 0.6) is 5.75 Å². The lowest BCUT2D eigenvalue weighted by Crippen LogP contribution is -2.42. The monoisotopic (exact) mass is 516 g/mol. The molecule has 2 fully saturated rings. The molecule has 0 radical (unpaired) electrons. The number of carbonyl (C=O) groups is 2. The summed E-state index contributed by atoms with van der Waals surface area (Å²) in [6.07, 6.45) is 1.11. The van der Waals surface area contributed by atoms with Crippen molar-refractivity contribution >= 4 is 22.8 Å². The van der Waals surface area contributed by atoms with Crippen LogP contribution < -0.4 is 10.1 Å². The van der Waals surface area contributed by atoms with Crippen LogP contribution in [0.2, 0.25) is 0 Å². The number of ether oxygens (including phenoxy) is 2. The molecule has 200 valence electrons. The largest absolute Gasteiger partial charge is 0.491 e. The third-order valence-corrected chi connectivity index (χ3v) is 7.32. The topological polar surface area (TPSA) is 88.1 Å². The Bertz CT molecular complexity index is 1350. The molecule has 3 aromatic rings. The number of nitrogens with zero attached hydrogens (tertiary/aromatic N) is 1. The summed E-state index contributed by atoms with van der Waals surface area (Å²) < 4.78 is 11.5. The van der Waals surface area contributed by atoms with Gasteiger partial charge in [0.05, 0.1) is 24.2 Å². The Kier molecular flexibility index (Phi) is 6.82. The van der Waals surface area contributed by atoms with Gasteiger partial charge in [0.1, 0.15) is 18.0 Å². The fourth-order valence-corrected chi connectivity index (χ4v) is 5.24. The number of amides is 2. The molecule has 38 heavy (non-hydrogen) atoms. The van der Waals surface area contributed by atoms with Gasteiger partial charge in [-0.05, 0) is 81.0 Å². The quantitative estimate of drug-likeness (QED) is 0.463. The van der Waals surface area contributed by atoms with E-state index in [9.17, 15) is 14.7 Å². The summed E-state index contributed by atoms with van der Waals surface area (Å²) in [7, 11) is 0. The average Bonchev–Trinajstić information content (AvgIpc) is 3.54. The molecule has 1 aliphatic carbocycles. The van der Waals surface area contributed by atoms with Gasteiger partial charge in [0.2, 0.25) is 0 Å². The second-order valence-electron chi connectivity index (χ2n) is 11.5. The van der Waals surface area contributed by atoms with E-state index < -0.39 is 17.8 Å². The maximum atomic E-state index is 13.5. The van der Waals surface area contributed by atoms with Gasteiger partial charge in [-0.1, -0.05) is 48.5 Å². The van der Waals surface area contributed by atoms with Crippen LogP contribution in [0.4, 0.5) is 4.79 Å². The Morgan fingerprint density at radius 1 is 1.08 bits per heavy atom. The van der Waals surface area contributed by atoms with E-state index in [1.54, 1.807) is 6.07 Å². The van der Waals surface area contributed by atoms with E-state index in [0.29, 0.717) is 17.7 Å². The normalized spacial score (nSPS) is 20.3. The smallest absolute Gasteiger partial charge is 0.410 e. The molecule has 2 atom stereocenters. The van der Waals surface area contributed by atoms with Crippen molar-refractivity contribution in [1.82, 2.24) is 10.2 Å². The van der Waals surface area contributed by atoms with Crippen molar-refractivity contribution < 1.29 is 24.2 Å². The van der Waals surface area contributed by atoms with E-state index in [1.165, 1.54) is 4.90 Å². The molecular formula is C31H36N2O5. The highest BCUT2D eigenvalue weighted by Gasteiger charge is 2.46. The lowest BCUT2D eigenvalue weighted by atomic mass is 9.96. The third-order valence-electron chi connectivity index (χ3n) is 7.32. The van der Waals surface area contributed by atoms with Gasteiger partial charge < -0.3 is 19.9 Å². The molecule has 1 heterocycles. The second-order valence-corrected chi connectivity index (χ2v) is 11.5. The first-order valence-electron chi connectivity index (χ1n) is 13.3. The van der Waals surface area contributed by atoms with Crippen molar-refractivity contribution in [2.75, 3.05) is 13.2 Å². The van der Waals surface area contributed by atoms with Crippen molar-refractivity contribution in [3.63, 3.8) is 0 Å². The summed E-state index contributed by atoms with van der Waals surface area (Å²) in [5.74, 6) is 0.409. The number of β-amino-alcohol motifs (C(OH)–C–C–N with tert-alkyl or cyclic N) is 1. The highest BCUT2D eigenvalue weighted by atomic mass is 16.6. The molecule has 2 amide bonds. The van der Waals surface area contributed by atoms with Gasteiger partial charge in [-0.3, -0.25) is 9.69 Å². The summed E-state index contributed by atoms with van der Waals surface area (Å²) in [5, 5.41) is 15.8. The van der Waals surface area contributed by atoms with Gasteiger partial charge in [-0.2, -0.15) is 0 Å². The highest BCUT2D eigenvalue weighted by molar-refractivity contribution is 5.97. The summed E-state index contributed by atoms with van der Waals surface area (Å²) in [6, 6.07) is 19.6. The van der Waals surface area contributed by atoms with Crippen molar-refractivity contribution in [3.8, 4) is 5.75 Å². The summed E-state index contributed by atoms with van der Waals surface area (Å²) in [6.45, 7) is 7.75. The first-order valence-corrected chi connectivity index (χ1v) is 13.3. The highest BCUT2D eigenvalue weighted by Crippen LogP contribution is 2.48. The van der Waals surface area contributed by atoms with Crippen LogP contribution in [0, 0.1) is 6.92 Å². The molecule has 1 saturated carbocycles. The van der Waals surface area contributed by atoms with Gasteiger partial charge in [0, 0.05) is 5.56 Å². The molecule has 0 aromatic heterocycles. The predicted molar refractivity (Wildman–Crippen MR) is 146 cm³/mol. The van der Waals surface area contributed by atoms with Crippen LogP contribution in [0.25, 0.3) is 10.8 Å². The minimum absolute atomic E-state index is 0.134. The number of aliphatic hydroxyl groups excluding tert-OH is 1. The SMILES string of the molecule is Cc1ccc(OCC2C[C@H](O)CN2C(=O)OC(C)(C)C)cc1C(=O)NC1(c2cccc3ccccc23)CC1. The molecule has 2 aliphatic rings. The minimum Gasteiger partial charge on any atom is -0.491 e. The van der Waals surface area contributed by atoms with Crippen LogP contribution in [0.1, 0.15) is 61.5 Å². The van der Waals surface area contributed by atoms with Crippen LogP contribution >= 0.6 is 0 Å². The first-order chi connectivity index (χ1) is 18.0. The van der Waals surface area contributed by atoms with Crippen LogP contribution in [0.15, 0.2) is 60.7 Å². The molecule has 1 unspecified atom stereocenters. The third kappa shape index (κ3) is 5.48. The van der Waals surface area contributed by atoms with E-state index in [-0.39, 0.29) is 30.6 Å². The Morgan fingerprint density at radius 3 is 2.55 bits per heavy atom. The molecular weight excluding hydrogens is 480 g/mol. The number of rotatable bonds is 6. The van der Waals surface area contributed by atoms with Crippen LogP contribution in [-0.2, 0) is 10.3 Å². The standard InChI is InChI=1S/C31H36N2O5/c1-20-12-13-24(37-19-22-16-23(34)18-33(22)29(36)38-30(2,3)4)17-26(20)28(35)32-31(14-15-31)27-11-7-9-21-8-5-6-10-25(21)27/h5-13,17,22-23,34H,14-16,18-19H2,1-4H3,(H,32,35)/t22?,23-/m0/s1. The molecule has 0 spiro atoms. The molecule has 7 heteroatoms. The zero-order valence-corrected chi connectivity index (χ0v) is 22.5. The van der Waals surface area contributed by atoms with Gasteiger partial charge in [0.25, 0.3) is 5.91 Å². The molecule has 0 bridgehead atoms. The van der Waals surface area contributed by atoms with Gasteiger partial charge in [-0.25, -0.2) is 4.79 Å². The molecule has 5 rings (SSSR count). The number of likely N-dealkylation sites (tertiary alicyclic amines) is 1. The second kappa shape index (κ2) is 9.95. The molecule has 1 aliphatic heterocycles. The number of aryl methyl sites for hydroxylation is 1. The first kappa shape index (κ1) is 26.0. The molecule has 2 N–H and O–H groups in total. The number of fused-ring (bicyclic) bond motifs is 1. The Labute approximate surface area is 223 Å².